The molecule has 1 N–H and O–H groups in total. The Labute approximate surface area is 95.7 Å². The molecular formula is C13H18FNO. The van der Waals surface area contributed by atoms with E-state index in [0.717, 1.165) is 18.5 Å². The predicted molar refractivity (Wildman–Crippen MR) is 63.4 cm³/mol. The Morgan fingerprint density at radius 2 is 1.94 bits per heavy atom. The Hall–Kier alpha value is -1.09. The van der Waals surface area contributed by atoms with Gasteiger partial charge in [0.25, 0.3) is 0 Å². The molecule has 88 valence electrons. The van der Waals surface area contributed by atoms with Crippen LogP contribution >= 0.6 is 0 Å². The molecule has 3 atom stereocenters. The standard InChI is InChI=1S/C13H18FNO/c1-15(10-6-3-2-4-7-10)12-9-5-8-11(14)13(12)16/h2-4,6-7,11-13,16H,5,8-9H2,1H3. The Balaban J connectivity index is 2.12. The van der Waals surface area contributed by atoms with Crippen LogP contribution < -0.4 is 4.90 Å². The van der Waals surface area contributed by atoms with Crippen LogP contribution in [-0.2, 0) is 0 Å². The van der Waals surface area contributed by atoms with E-state index in [4.69, 9.17) is 0 Å². The zero-order valence-electron chi connectivity index (χ0n) is 9.51. The molecule has 1 fully saturated rings. The van der Waals surface area contributed by atoms with E-state index in [-0.39, 0.29) is 6.04 Å². The number of hydrogen-bond donors (Lipinski definition) is 1. The second kappa shape index (κ2) is 4.83. The summed E-state index contributed by atoms with van der Waals surface area (Å²) in [6.45, 7) is 0. The van der Waals surface area contributed by atoms with Crippen LogP contribution in [0, 0.1) is 0 Å². The van der Waals surface area contributed by atoms with Crippen molar-refractivity contribution in [1.29, 1.82) is 0 Å². The topological polar surface area (TPSA) is 23.5 Å². The maximum Gasteiger partial charge on any atom is 0.128 e. The number of aliphatic hydroxyl groups excluding tert-OH is 1. The summed E-state index contributed by atoms with van der Waals surface area (Å²) in [6.07, 6.45) is 0.247. The van der Waals surface area contributed by atoms with Gasteiger partial charge in [-0.05, 0) is 31.4 Å². The maximum atomic E-state index is 13.4. The summed E-state index contributed by atoms with van der Waals surface area (Å²) in [5.41, 5.74) is 1.03. The average molecular weight is 223 g/mol. The molecule has 0 amide bonds. The normalized spacial score (nSPS) is 30.1. The summed E-state index contributed by atoms with van der Waals surface area (Å²) in [4.78, 5) is 1.98. The molecular weight excluding hydrogens is 205 g/mol. The number of alkyl halides is 1. The zero-order chi connectivity index (χ0) is 11.5. The van der Waals surface area contributed by atoms with Crippen molar-refractivity contribution in [2.24, 2.45) is 0 Å². The van der Waals surface area contributed by atoms with E-state index >= 15 is 0 Å². The highest BCUT2D eigenvalue weighted by atomic mass is 19.1. The summed E-state index contributed by atoms with van der Waals surface area (Å²) in [7, 11) is 1.92. The van der Waals surface area contributed by atoms with Crippen molar-refractivity contribution in [3.8, 4) is 0 Å². The van der Waals surface area contributed by atoms with Crippen LogP contribution in [-0.4, -0.2) is 30.5 Å². The van der Waals surface area contributed by atoms with Crippen LogP contribution in [0.2, 0.25) is 0 Å². The van der Waals surface area contributed by atoms with Gasteiger partial charge in [-0.1, -0.05) is 18.2 Å². The van der Waals surface area contributed by atoms with Gasteiger partial charge in [-0.3, -0.25) is 0 Å². The van der Waals surface area contributed by atoms with Crippen LogP contribution in [0.15, 0.2) is 30.3 Å². The highest BCUT2D eigenvalue weighted by Gasteiger charge is 2.34. The van der Waals surface area contributed by atoms with Gasteiger partial charge in [0.15, 0.2) is 0 Å². The van der Waals surface area contributed by atoms with Crippen LogP contribution in [0.1, 0.15) is 19.3 Å². The van der Waals surface area contributed by atoms with Gasteiger partial charge in [-0.2, -0.15) is 0 Å². The van der Waals surface area contributed by atoms with Gasteiger partial charge < -0.3 is 10.0 Å². The van der Waals surface area contributed by atoms with E-state index in [1.807, 2.05) is 42.3 Å². The number of aliphatic hydroxyl groups is 1. The highest BCUT2D eigenvalue weighted by Crippen LogP contribution is 2.28. The van der Waals surface area contributed by atoms with Crippen molar-refractivity contribution >= 4 is 5.69 Å². The van der Waals surface area contributed by atoms with E-state index < -0.39 is 12.3 Å². The molecule has 0 heterocycles. The Morgan fingerprint density at radius 3 is 2.62 bits per heavy atom. The number of hydrogen-bond acceptors (Lipinski definition) is 2. The van der Waals surface area contributed by atoms with Crippen molar-refractivity contribution in [2.45, 2.75) is 37.6 Å². The smallest absolute Gasteiger partial charge is 0.128 e. The lowest BCUT2D eigenvalue weighted by Gasteiger charge is -2.38. The third kappa shape index (κ3) is 2.19. The first-order valence-corrected chi connectivity index (χ1v) is 5.80. The fourth-order valence-corrected chi connectivity index (χ4v) is 2.38. The fourth-order valence-electron chi connectivity index (χ4n) is 2.38. The van der Waals surface area contributed by atoms with Crippen molar-refractivity contribution < 1.29 is 9.50 Å². The minimum atomic E-state index is -1.08. The van der Waals surface area contributed by atoms with E-state index in [0.29, 0.717) is 6.42 Å². The van der Waals surface area contributed by atoms with Gasteiger partial charge >= 0.3 is 0 Å². The molecule has 16 heavy (non-hydrogen) atoms. The van der Waals surface area contributed by atoms with Gasteiger partial charge in [0.2, 0.25) is 0 Å². The Bertz CT molecular complexity index is 330. The van der Waals surface area contributed by atoms with Crippen LogP contribution in [0.25, 0.3) is 0 Å². The molecule has 2 nitrogen and oxygen atoms in total. The number of likely N-dealkylation sites (N-methyl/N-ethyl adjacent to an activating group) is 1. The third-order valence-electron chi connectivity index (χ3n) is 3.41. The van der Waals surface area contributed by atoms with Crippen molar-refractivity contribution in [3.05, 3.63) is 30.3 Å². The van der Waals surface area contributed by atoms with E-state index in [1.54, 1.807) is 0 Å². The molecule has 0 bridgehead atoms. The summed E-state index contributed by atoms with van der Waals surface area (Å²) < 4.78 is 13.4. The van der Waals surface area contributed by atoms with Gasteiger partial charge in [0.05, 0.1) is 6.04 Å². The molecule has 0 radical (unpaired) electrons. The highest BCUT2D eigenvalue weighted by molar-refractivity contribution is 5.46. The molecule has 1 aromatic rings. The molecule has 1 aliphatic rings. The fraction of sp³-hybridized carbons (Fsp3) is 0.538. The number of nitrogens with zero attached hydrogens (tertiary/aromatic N) is 1. The van der Waals surface area contributed by atoms with Crippen molar-refractivity contribution in [2.75, 3.05) is 11.9 Å². The summed E-state index contributed by atoms with van der Waals surface area (Å²) >= 11 is 0. The zero-order valence-corrected chi connectivity index (χ0v) is 9.51. The molecule has 0 saturated heterocycles. The number of anilines is 1. The van der Waals surface area contributed by atoms with Crippen LogP contribution in [0.4, 0.5) is 10.1 Å². The second-order valence-corrected chi connectivity index (χ2v) is 4.45. The van der Waals surface area contributed by atoms with Gasteiger partial charge in [0, 0.05) is 12.7 Å². The number of para-hydroxylation sites is 1. The lowest BCUT2D eigenvalue weighted by molar-refractivity contribution is 0.0270. The second-order valence-electron chi connectivity index (χ2n) is 4.45. The Kier molecular flexibility index (Phi) is 3.44. The largest absolute Gasteiger partial charge is 0.388 e. The SMILES string of the molecule is CN(c1ccccc1)C1CCCC(F)C1O. The quantitative estimate of drug-likeness (QED) is 0.832. The third-order valence-corrected chi connectivity index (χ3v) is 3.41. The van der Waals surface area contributed by atoms with Crippen molar-refractivity contribution in [1.82, 2.24) is 0 Å². The molecule has 3 unspecified atom stereocenters. The van der Waals surface area contributed by atoms with Gasteiger partial charge in [-0.15, -0.1) is 0 Å². The predicted octanol–water partition coefficient (Wildman–Crippen LogP) is 2.37. The van der Waals surface area contributed by atoms with Crippen molar-refractivity contribution in [3.63, 3.8) is 0 Å². The van der Waals surface area contributed by atoms with E-state index in [9.17, 15) is 9.50 Å². The molecule has 0 aliphatic heterocycles. The van der Waals surface area contributed by atoms with E-state index in [1.165, 1.54) is 0 Å². The van der Waals surface area contributed by atoms with Gasteiger partial charge in [-0.25, -0.2) is 4.39 Å². The number of halogens is 1. The monoisotopic (exact) mass is 223 g/mol. The first-order chi connectivity index (χ1) is 7.70. The lowest BCUT2D eigenvalue weighted by Crippen LogP contribution is -2.48. The Morgan fingerprint density at radius 1 is 1.25 bits per heavy atom. The minimum absolute atomic E-state index is 0.105. The molecule has 1 aromatic carbocycles. The lowest BCUT2D eigenvalue weighted by atomic mass is 9.90. The minimum Gasteiger partial charge on any atom is -0.388 e. The van der Waals surface area contributed by atoms with E-state index in [2.05, 4.69) is 0 Å². The van der Waals surface area contributed by atoms with Crippen LogP contribution in [0.3, 0.4) is 0 Å². The maximum absolute atomic E-state index is 13.4. The first-order valence-electron chi connectivity index (χ1n) is 5.80. The van der Waals surface area contributed by atoms with Crippen LogP contribution in [0.5, 0.6) is 0 Å². The number of benzene rings is 1. The summed E-state index contributed by atoms with van der Waals surface area (Å²) in [6, 6.07) is 9.71. The molecule has 0 aromatic heterocycles. The molecule has 3 heteroatoms. The number of rotatable bonds is 2. The molecule has 1 aliphatic carbocycles. The summed E-state index contributed by atoms with van der Waals surface area (Å²) in [5.74, 6) is 0. The average Bonchev–Trinajstić information content (AvgIpc) is 2.33. The molecule has 1 saturated carbocycles. The summed E-state index contributed by atoms with van der Waals surface area (Å²) in [5, 5.41) is 9.85. The van der Waals surface area contributed by atoms with Gasteiger partial charge in [0.1, 0.15) is 12.3 Å². The first kappa shape index (κ1) is 11.4. The molecule has 2 rings (SSSR count). The molecule has 0 spiro atoms.